The number of esters is 1. The lowest BCUT2D eigenvalue weighted by Crippen LogP contribution is -2.17. The summed E-state index contributed by atoms with van der Waals surface area (Å²) < 4.78 is 7.38. The summed E-state index contributed by atoms with van der Waals surface area (Å²) in [5, 5.41) is 15.4. The number of aryl methyl sites for hydroxylation is 3. The highest BCUT2D eigenvalue weighted by Crippen LogP contribution is 2.40. The van der Waals surface area contributed by atoms with Gasteiger partial charge in [0.2, 0.25) is 5.91 Å². The topological polar surface area (TPSA) is 86.1 Å². The van der Waals surface area contributed by atoms with Crippen LogP contribution in [0.2, 0.25) is 0 Å². The van der Waals surface area contributed by atoms with Crippen LogP contribution in [0, 0.1) is 13.8 Å². The van der Waals surface area contributed by atoms with Gasteiger partial charge >= 0.3 is 5.97 Å². The zero-order chi connectivity index (χ0) is 27.5. The van der Waals surface area contributed by atoms with Crippen LogP contribution in [0.25, 0.3) is 22.5 Å². The molecule has 0 fully saturated rings. The third-order valence-corrected chi connectivity index (χ3v) is 9.91. The Morgan fingerprint density at radius 2 is 1.87 bits per heavy atom. The van der Waals surface area contributed by atoms with Crippen LogP contribution in [0.4, 0.5) is 5.00 Å². The van der Waals surface area contributed by atoms with Crippen molar-refractivity contribution in [1.29, 1.82) is 0 Å². The van der Waals surface area contributed by atoms with E-state index in [9.17, 15) is 9.59 Å². The van der Waals surface area contributed by atoms with Crippen LogP contribution in [0.3, 0.4) is 0 Å². The smallest absolute Gasteiger partial charge is 0.341 e. The molecule has 0 saturated heterocycles. The molecule has 0 radical (unpaired) electrons. The normalized spacial score (nSPS) is 12.8. The minimum absolute atomic E-state index is 0.163. The molecule has 4 aromatic rings. The SMILES string of the molecule is CCOC(=O)c1c(NC(=O)CSc2nnc(-c3csc(C)c3-c3ccc(C)cc3)n2CC)sc2c1CCCC2. The molecular weight excluding hydrogens is 549 g/mol. The van der Waals surface area contributed by atoms with Crippen molar-refractivity contribution >= 4 is 51.3 Å². The Morgan fingerprint density at radius 1 is 1.10 bits per heavy atom. The Bertz CT molecular complexity index is 1500. The van der Waals surface area contributed by atoms with Crippen molar-refractivity contribution in [1.82, 2.24) is 14.8 Å². The average molecular weight is 581 g/mol. The van der Waals surface area contributed by atoms with Gasteiger partial charge in [0.15, 0.2) is 11.0 Å². The number of fused-ring (bicyclic) bond motifs is 1. The first-order chi connectivity index (χ1) is 18.9. The zero-order valence-electron chi connectivity index (χ0n) is 22.6. The first-order valence-electron chi connectivity index (χ1n) is 13.2. The van der Waals surface area contributed by atoms with E-state index in [1.54, 1.807) is 18.3 Å². The number of aromatic nitrogens is 3. The summed E-state index contributed by atoms with van der Waals surface area (Å²) in [6.07, 6.45) is 3.93. The Balaban J connectivity index is 1.35. The number of anilines is 1. The molecule has 0 atom stereocenters. The van der Waals surface area contributed by atoms with Crippen LogP contribution in [-0.4, -0.2) is 39.0 Å². The second kappa shape index (κ2) is 12.1. The van der Waals surface area contributed by atoms with Gasteiger partial charge < -0.3 is 14.6 Å². The molecule has 3 aromatic heterocycles. The second-order valence-electron chi connectivity index (χ2n) is 9.47. The van der Waals surface area contributed by atoms with Gasteiger partial charge in [-0.2, -0.15) is 0 Å². The van der Waals surface area contributed by atoms with Crippen LogP contribution >= 0.6 is 34.4 Å². The number of rotatable bonds is 9. The fourth-order valence-corrected chi connectivity index (χ4v) is 7.90. The molecule has 1 N–H and O–H groups in total. The van der Waals surface area contributed by atoms with E-state index in [-0.39, 0.29) is 17.6 Å². The molecule has 10 heteroatoms. The third-order valence-electron chi connectivity index (χ3n) is 6.83. The number of benzene rings is 1. The Labute approximate surface area is 241 Å². The van der Waals surface area contributed by atoms with Crippen molar-refractivity contribution < 1.29 is 14.3 Å². The van der Waals surface area contributed by atoms with Gasteiger partial charge in [-0.25, -0.2) is 4.79 Å². The first-order valence-corrected chi connectivity index (χ1v) is 15.9. The molecule has 0 bridgehead atoms. The Hall–Kier alpha value is -2.95. The Morgan fingerprint density at radius 3 is 2.62 bits per heavy atom. The van der Waals surface area contributed by atoms with E-state index in [1.165, 1.54) is 44.0 Å². The number of thiophene rings is 2. The second-order valence-corrected chi connectivity index (χ2v) is 12.6. The summed E-state index contributed by atoms with van der Waals surface area (Å²) in [7, 11) is 0. The van der Waals surface area contributed by atoms with Crippen LogP contribution in [-0.2, 0) is 28.9 Å². The van der Waals surface area contributed by atoms with Gasteiger partial charge in [0.1, 0.15) is 5.00 Å². The summed E-state index contributed by atoms with van der Waals surface area (Å²) in [5.41, 5.74) is 6.17. The lowest BCUT2D eigenvalue weighted by molar-refractivity contribution is -0.113. The standard InChI is InChI=1S/C29H32N4O3S3/c1-5-33-26(21-15-37-18(4)24(21)19-13-11-17(3)12-14-19)31-32-29(33)38-16-23(34)30-27-25(28(35)36-6-2)20-9-7-8-10-22(20)39-27/h11-15H,5-10,16H2,1-4H3,(H,30,34). The summed E-state index contributed by atoms with van der Waals surface area (Å²) in [5.74, 6) is 0.431. The number of thioether (sulfide) groups is 1. The van der Waals surface area contributed by atoms with E-state index < -0.39 is 0 Å². The minimum atomic E-state index is -0.356. The molecule has 1 aliphatic rings. The summed E-state index contributed by atoms with van der Waals surface area (Å²) >= 11 is 4.56. The highest BCUT2D eigenvalue weighted by molar-refractivity contribution is 7.99. The van der Waals surface area contributed by atoms with Crippen molar-refractivity contribution in [2.45, 2.75) is 65.1 Å². The number of amides is 1. The van der Waals surface area contributed by atoms with Crippen LogP contribution in [0.15, 0.2) is 34.8 Å². The molecule has 1 aromatic carbocycles. The minimum Gasteiger partial charge on any atom is -0.462 e. The highest BCUT2D eigenvalue weighted by Gasteiger charge is 2.27. The maximum atomic E-state index is 13.0. The van der Waals surface area contributed by atoms with Gasteiger partial charge in [-0.3, -0.25) is 4.79 Å². The van der Waals surface area contributed by atoms with E-state index in [0.29, 0.717) is 28.9 Å². The number of hydrogen-bond acceptors (Lipinski definition) is 8. The number of carbonyl (C=O) groups is 2. The van der Waals surface area contributed by atoms with Crippen molar-refractivity contribution in [3.05, 3.63) is 56.1 Å². The fraction of sp³-hybridized carbons (Fsp3) is 0.379. The molecular formula is C29H32N4O3S3. The molecule has 1 amide bonds. The number of hydrogen-bond donors (Lipinski definition) is 1. The largest absolute Gasteiger partial charge is 0.462 e. The molecule has 0 saturated carbocycles. The van der Waals surface area contributed by atoms with E-state index in [0.717, 1.165) is 48.2 Å². The summed E-state index contributed by atoms with van der Waals surface area (Å²) in [4.78, 5) is 28.2. The molecule has 5 rings (SSSR count). The molecule has 3 heterocycles. The van der Waals surface area contributed by atoms with E-state index in [2.05, 4.69) is 70.5 Å². The van der Waals surface area contributed by atoms with Crippen LogP contribution in [0.5, 0.6) is 0 Å². The molecule has 39 heavy (non-hydrogen) atoms. The average Bonchev–Trinajstić information content (AvgIpc) is 3.62. The van der Waals surface area contributed by atoms with Gasteiger partial charge in [-0.15, -0.1) is 32.9 Å². The van der Waals surface area contributed by atoms with Gasteiger partial charge in [-0.1, -0.05) is 41.6 Å². The van der Waals surface area contributed by atoms with Crippen molar-refractivity contribution in [2.75, 3.05) is 17.7 Å². The number of nitrogens with zero attached hydrogens (tertiary/aromatic N) is 3. The number of carbonyl (C=O) groups excluding carboxylic acids is 2. The number of nitrogens with one attached hydrogen (secondary N) is 1. The summed E-state index contributed by atoms with van der Waals surface area (Å²) in [6.45, 7) is 9.05. The predicted molar refractivity (Wildman–Crippen MR) is 160 cm³/mol. The van der Waals surface area contributed by atoms with Gasteiger partial charge in [0.25, 0.3) is 0 Å². The summed E-state index contributed by atoms with van der Waals surface area (Å²) in [6, 6.07) is 8.54. The monoisotopic (exact) mass is 580 g/mol. The molecule has 7 nitrogen and oxygen atoms in total. The molecule has 0 aliphatic heterocycles. The molecule has 0 spiro atoms. The van der Waals surface area contributed by atoms with Gasteiger partial charge in [0, 0.05) is 32.8 Å². The lowest BCUT2D eigenvalue weighted by atomic mass is 9.95. The van der Waals surface area contributed by atoms with Crippen molar-refractivity contribution in [3.8, 4) is 22.5 Å². The maximum absolute atomic E-state index is 13.0. The molecule has 0 unspecified atom stereocenters. The van der Waals surface area contributed by atoms with E-state index in [1.807, 2.05) is 0 Å². The zero-order valence-corrected chi connectivity index (χ0v) is 25.1. The quantitative estimate of drug-likeness (QED) is 0.167. The maximum Gasteiger partial charge on any atom is 0.341 e. The van der Waals surface area contributed by atoms with E-state index >= 15 is 0 Å². The van der Waals surface area contributed by atoms with Gasteiger partial charge in [0.05, 0.1) is 17.9 Å². The predicted octanol–water partition coefficient (Wildman–Crippen LogP) is 7.16. The number of ether oxygens (including phenoxy) is 1. The molecule has 1 aliphatic carbocycles. The lowest BCUT2D eigenvalue weighted by Gasteiger charge is -2.12. The first kappa shape index (κ1) is 27.6. The highest BCUT2D eigenvalue weighted by atomic mass is 32.2. The third kappa shape index (κ3) is 5.69. The Kier molecular flexibility index (Phi) is 8.54. The van der Waals surface area contributed by atoms with E-state index in [4.69, 9.17) is 4.74 Å². The van der Waals surface area contributed by atoms with Gasteiger partial charge in [-0.05, 0) is 64.5 Å². The molecule has 204 valence electrons. The van der Waals surface area contributed by atoms with Crippen molar-refractivity contribution in [2.24, 2.45) is 0 Å². The van der Waals surface area contributed by atoms with Crippen LogP contribution in [0.1, 0.15) is 57.9 Å². The fourth-order valence-electron chi connectivity index (χ4n) is 4.94. The van der Waals surface area contributed by atoms with Crippen molar-refractivity contribution in [3.63, 3.8) is 0 Å². The van der Waals surface area contributed by atoms with Crippen LogP contribution < -0.4 is 5.32 Å².